The highest BCUT2D eigenvalue weighted by Crippen LogP contribution is 2.42. The zero-order valence-corrected chi connectivity index (χ0v) is 10.5. The van der Waals surface area contributed by atoms with Crippen LogP contribution in [0.5, 0.6) is 0 Å². The van der Waals surface area contributed by atoms with Crippen molar-refractivity contribution in [3.63, 3.8) is 0 Å². The molecule has 1 aliphatic rings. The van der Waals surface area contributed by atoms with Crippen LogP contribution in [-0.2, 0) is 9.53 Å². The summed E-state index contributed by atoms with van der Waals surface area (Å²) in [6.45, 7) is 6.51. The van der Waals surface area contributed by atoms with Gasteiger partial charge in [0.1, 0.15) is 11.6 Å². The number of allylic oxidation sites excluding steroid dienone is 1. The molecule has 0 amide bonds. The first-order valence-corrected chi connectivity index (χ1v) is 5.60. The molecule has 1 rings (SSSR count). The van der Waals surface area contributed by atoms with Gasteiger partial charge in [-0.3, -0.25) is 0 Å². The van der Waals surface area contributed by atoms with Gasteiger partial charge in [0.15, 0.2) is 0 Å². The van der Waals surface area contributed by atoms with Crippen LogP contribution in [-0.4, -0.2) is 13.1 Å². The summed E-state index contributed by atoms with van der Waals surface area (Å²) in [5, 5.41) is 9.03. The summed E-state index contributed by atoms with van der Waals surface area (Å²) in [6, 6.07) is 1.99. The van der Waals surface area contributed by atoms with Crippen molar-refractivity contribution in [1.29, 1.82) is 5.26 Å². The van der Waals surface area contributed by atoms with Crippen LogP contribution < -0.4 is 0 Å². The third-order valence-corrected chi connectivity index (χ3v) is 3.04. The molecule has 0 unspecified atom stereocenters. The first-order chi connectivity index (χ1) is 7.39. The molecule has 1 atom stereocenters. The Labute approximate surface area is 97.1 Å². The van der Waals surface area contributed by atoms with E-state index in [1.165, 1.54) is 7.11 Å². The number of hydrogen-bond donors (Lipinski definition) is 0. The first kappa shape index (κ1) is 12.8. The largest absolute Gasteiger partial charge is 0.465 e. The van der Waals surface area contributed by atoms with E-state index >= 15 is 0 Å². The maximum atomic E-state index is 11.5. The van der Waals surface area contributed by atoms with Crippen LogP contribution in [0.25, 0.3) is 0 Å². The molecule has 0 N–H and O–H groups in total. The summed E-state index contributed by atoms with van der Waals surface area (Å²) in [6.07, 6.45) is 2.78. The summed E-state index contributed by atoms with van der Waals surface area (Å²) >= 11 is 0. The molecular formula is C13H19NO2. The van der Waals surface area contributed by atoms with E-state index in [1.807, 2.05) is 6.07 Å². The summed E-state index contributed by atoms with van der Waals surface area (Å²) in [4.78, 5) is 11.5. The first-order valence-electron chi connectivity index (χ1n) is 5.60. The highest BCUT2D eigenvalue weighted by molar-refractivity contribution is 5.93. The number of esters is 1. The molecule has 88 valence electrons. The van der Waals surface area contributed by atoms with E-state index in [1.54, 1.807) is 0 Å². The van der Waals surface area contributed by atoms with Crippen molar-refractivity contribution >= 4 is 5.97 Å². The van der Waals surface area contributed by atoms with Gasteiger partial charge in [0.2, 0.25) is 0 Å². The van der Waals surface area contributed by atoms with Gasteiger partial charge in [-0.2, -0.15) is 5.26 Å². The lowest BCUT2D eigenvalue weighted by Crippen LogP contribution is -2.24. The van der Waals surface area contributed by atoms with Crippen LogP contribution in [0.15, 0.2) is 11.1 Å². The average Bonchev–Trinajstić information content (AvgIpc) is 2.15. The highest BCUT2D eigenvalue weighted by atomic mass is 16.5. The van der Waals surface area contributed by atoms with Crippen LogP contribution in [0.1, 0.15) is 40.0 Å². The molecule has 1 fully saturated rings. The van der Waals surface area contributed by atoms with Crippen LogP contribution in [0.4, 0.5) is 0 Å². The number of carbonyl (C=O) groups is 1. The summed E-state index contributed by atoms with van der Waals surface area (Å²) < 4.78 is 4.64. The topological polar surface area (TPSA) is 50.1 Å². The predicted octanol–water partition coefficient (Wildman–Crippen LogP) is 2.83. The number of methoxy groups -OCH3 is 1. The number of nitrogens with zero attached hydrogens (tertiary/aromatic N) is 1. The van der Waals surface area contributed by atoms with Gasteiger partial charge in [-0.15, -0.1) is 0 Å². The Kier molecular flexibility index (Phi) is 3.74. The van der Waals surface area contributed by atoms with Crippen LogP contribution in [0.2, 0.25) is 0 Å². The molecule has 0 heterocycles. The lowest BCUT2D eigenvalue weighted by molar-refractivity contribution is -0.135. The fourth-order valence-electron chi connectivity index (χ4n) is 2.72. The number of nitriles is 1. The minimum Gasteiger partial charge on any atom is -0.465 e. The van der Waals surface area contributed by atoms with Gasteiger partial charge in [0.05, 0.1) is 7.11 Å². The molecule has 0 aromatic carbocycles. The molecule has 0 spiro atoms. The van der Waals surface area contributed by atoms with Crippen molar-refractivity contribution < 1.29 is 9.53 Å². The van der Waals surface area contributed by atoms with Gasteiger partial charge in [-0.05, 0) is 36.2 Å². The van der Waals surface area contributed by atoms with Gasteiger partial charge in [-0.1, -0.05) is 20.8 Å². The van der Waals surface area contributed by atoms with Gasteiger partial charge in [0, 0.05) is 0 Å². The van der Waals surface area contributed by atoms with E-state index < -0.39 is 5.97 Å². The zero-order chi connectivity index (χ0) is 12.3. The molecule has 0 aromatic heterocycles. The molecule has 0 aliphatic heterocycles. The molecule has 0 bridgehead atoms. The second kappa shape index (κ2) is 4.69. The number of carbonyl (C=O) groups excluding carboxylic acids is 1. The Morgan fingerprint density at radius 1 is 1.56 bits per heavy atom. The van der Waals surface area contributed by atoms with Crippen molar-refractivity contribution in [2.24, 2.45) is 11.3 Å². The van der Waals surface area contributed by atoms with Crippen LogP contribution in [0, 0.1) is 22.7 Å². The standard InChI is InChI=1S/C13H19NO2/c1-9-5-10(7-13(2,3)6-9)11(8-14)12(15)16-4/h9H,5-7H2,1-4H3/b11-10-/t9-/m0/s1. The number of rotatable bonds is 1. The molecule has 0 aromatic rings. The minimum atomic E-state index is -0.498. The van der Waals surface area contributed by atoms with E-state index in [2.05, 4.69) is 25.5 Å². The van der Waals surface area contributed by atoms with Gasteiger partial charge in [0.25, 0.3) is 0 Å². The second-order valence-electron chi connectivity index (χ2n) is 5.44. The van der Waals surface area contributed by atoms with E-state index in [4.69, 9.17) is 5.26 Å². The van der Waals surface area contributed by atoms with Crippen molar-refractivity contribution in [3.8, 4) is 6.07 Å². The smallest absolute Gasteiger partial charge is 0.348 e. The Balaban J connectivity index is 3.05. The van der Waals surface area contributed by atoms with E-state index in [9.17, 15) is 4.79 Å². The molecule has 16 heavy (non-hydrogen) atoms. The maximum Gasteiger partial charge on any atom is 0.348 e. The molecule has 3 nitrogen and oxygen atoms in total. The van der Waals surface area contributed by atoms with Crippen molar-refractivity contribution in [2.75, 3.05) is 7.11 Å². The summed E-state index contributed by atoms with van der Waals surface area (Å²) in [5.41, 5.74) is 1.34. The van der Waals surface area contributed by atoms with Gasteiger partial charge < -0.3 is 4.74 Å². The molecule has 1 saturated carbocycles. The van der Waals surface area contributed by atoms with Crippen LogP contribution in [0.3, 0.4) is 0 Å². The fraction of sp³-hybridized carbons (Fsp3) is 0.692. The lowest BCUT2D eigenvalue weighted by atomic mass is 9.69. The summed E-state index contributed by atoms with van der Waals surface area (Å²) in [7, 11) is 1.32. The number of ether oxygens (including phenoxy) is 1. The highest BCUT2D eigenvalue weighted by Gasteiger charge is 2.31. The van der Waals surface area contributed by atoms with Crippen molar-refractivity contribution in [2.45, 2.75) is 40.0 Å². The maximum absolute atomic E-state index is 11.5. The van der Waals surface area contributed by atoms with Gasteiger partial charge in [-0.25, -0.2) is 4.79 Å². The van der Waals surface area contributed by atoms with E-state index in [0.717, 1.165) is 24.8 Å². The second-order valence-corrected chi connectivity index (χ2v) is 5.44. The molecule has 3 heteroatoms. The Morgan fingerprint density at radius 3 is 2.62 bits per heavy atom. The van der Waals surface area contributed by atoms with Crippen LogP contribution >= 0.6 is 0 Å². The predicted molar refractivity (Wildman–Crippen MR) is 61.5 cm³/mol. The lowest BCUT2D eigenvalue weighted by Gasteiger charge is -2.35. The van der Waals surface area contributed by atoms with Crippen molar-refractivity contribution in [3.05, 3.63) is 11.1 Å². The van der Waals surface area contributed by atoms with E-state index in [-0.39, 0.29) is 11.0 Å². The minimum absolute atomic E-state index is 0.170. The van der Waals surface area contributed by atoms with Crippen molar-refractivity contribution in [1.82, 2.24) is 0 Å². The molecule has 0 radical (unpaired) electrons. The summed E-state index contributed by atoms with van der Waals surface area (Å²) in [5.74, 6) is 0.0224. The Morgan fingerprint density at radius 2 is 2.19 bits per heavy atom. The Bertz CT molecular complexity index is 361. The Hall–Kier alpha value is -1.30. The monoisotopic (exact) mass is 221 g/mol. The molecule has 0 saturated heterocycles. The average molecular weight is 221 g/mol. The third-order valence-electron chi connectivity index (χ3n) is 3.04. The van der Waals surface area contributed by atoms with Gasteiger partial charge >= 0.3 is 5.97 Å². The SMILES string of the molecule is COC(=O)/C(C#N)=C1/C[C@H](C)CC(C)(C)C1. The molecule has 1 aliphatic carbocycles. The third kappa shape index (κ3) is 2.85. The number of hydrogen-bond acceptors (Lipinski definition) is 3. The fourth-order valence-corrected chi connectivity index (χ4v) is 2.72. The normalized spacial score (nSPS) is 26.8. The quantitative estimate of drug-likeness (QED) is 0.388. The molecular weight excluding hydrogens is 202 g/mol. The zero-order valence-electron chi connectivity index (χ0n) is 10.5. The van der Waals surface area contributed by atoms with E-state index in [0.29, 0.717) is 5.92 Å².